The Balaban J connectivity index is 2.16. The van der Waals surface area contributed by atoms with E-state index in [-0.39, 0.29) is 11.9 Å². The minimum atomic E-state index is -0.147. The van der Waals surface area contributed by atoms with Crippen molar-refractivity contribution in [2.24, 2.45) is 0 Å². The zero-order valence-corrected chi connectivity index (χ0v) is 11.6. The van der Waals surface area contributed by atoms with Gasteiger partial charge in [0.2, 0.25) is 0 Å². The molecule has 8 nitrogen and oxygen atoms in total. The standard InChI is InChI=1S/C12H17N7O/c1-7(11-15-17-18-16-11)14-10-5-4-8(6-9(10)13)12(20)19(2)3/h4-7,14H,13H2,1-3H3,(H,15,16,17,18). The van der Waals surface area contributed by atoms with E-state index in [1.54, 1.807) is 32.3 Å². The summed E-state index contributed by atoms with van der Waals surface area (Å²) in [5.74, 6) is 0.451. The molecule has 1 atom stereocenters. The maximum atomic E-state index is 11.8. The van der Waals surface area contributed by atoms with Crippen LogP contribution < -0.4 is 11.1 Å². The Morgan fingerprint density at radius 3 is 2.75 bits per heavy atom. The molecule has 0 saturated heterocycles. The van der Waals surface area contributed by atoms with Gasteiger partial charge in [-0.3, -0.25) is 4.79 Å². The first-order chi connectivity index (χ1) is 9.49. The second-order valence-corrected chi connectivity index (χ2v) is 4.64. The Hall–Kier alpha value is -2.64. The maximum Gasteiger partial charge on any atom is 0.253 e. The summed E-state index contributed by atoms with van der Waals surface area (Å²) in [6.45, 7) is 1.89. The van der Waals surface area contributed by atoms with Crippen LogP contribution >= 0.6 is 0 Å². The predicted octanol–water partition coefficient (Wildman–Crippen LogP) is 0.657. The molecule has 0 spiro atoms. The molecule has 2 rings (SSSR count). The molecular formula is C12H17N7O. The first-order valence-corrected chi connectivity index (χ1v) is 6.10. The maximum absolute atomic E-state index is 11.8. The summed E-state index contributed by atoms with van der Waals surface area (Å²) in [7, 11) is 3.39. The third kappa shape index (κ3) is 2.85. The molecule has 0 bridgehead atoms. The molecule has 1 amide bonds. The van der Waals surface area contributed by atoms with Gasteiger partial charge in [-0.25, -0.2) is 0 Å². The number of hydrogen-bond acceptors (Lipinski definition) is 6. The molecule has 1 aromatic heterocycles. The highest BCUT2D eigenvalue weighted by atomic mass is 16.2. The zero-order chi connectivity index (χ0) is 14.7. The minimum Gasteiger partial charge on any atom is -0.397 e. The van der Waals surface area contributed by atoms with Crippen molar-refractivity contribution < 1.29 is 4.79 Å². The Morgan fingerprint density at radius 2 is 2.20 bits per heavy atom. The van der Waals surface area contributed by atoms with Gasteiger partial charge in [-0.1, -0.05) is 5.21 Å². The molecule has 1 aromatic carbocycles. The Bertz CT molecular complexity index is 594. The molecule has 106 valence electrons. The first kappa shape index (κ1) is 13.8. The number of aromatic nitrogens is 4. The molecule has 0 aliphatic rings. The minimum absolute atomic E-state index is 0.0885. The lowest BCUT2D eigenvalue weighted by atomic mass is 10.1. The van der Waals surface area contributed by atoms with Crippen molar-refractivity contribution in [1.29, 1.82) is 0 Å². The van der Waals surface area contributed by atoms with Crippen molar-refractivity contribution in [3.63, 3.8) is 0 Å². The van der Waals surface area contributed by atoms with Crippen LogP contribution in [0.15, 0.2) is 18.2 Å². The highest BCUT2D eigenvalue weighted by Crippen LogP contribution is 2.24. The van der Waals surface area contributed by atoms with E-state index in [4.69, 9.17) is 5.73 Å². The van der Waals surface area contributed by atoms with Gasteiger partial charge in [-0.05, 0) is 25.1 Å². The fraction of sp³-hybridized carbons (Fsp3) is 0.333. The highest BCUT2D eigenvalue weighted by molar-refractivity contribution is 5.95. The Labute approximate surface area is 116 Å². The van der Waals surface area contributed by atoms with E-state index >= 15 is 0 Å². The van der Waals surface area contributed by atoms with Gasteiger partial charge in [0.1, 0.15) is 0 Å². The molecule has 1 unspecified atom stereocenters. The molecular weight excluding hydrogens is 258 g/mol. The fourth-order valence-electron chi connectivity index (χ4n) is 1.74. The number of anilines is 2. The van der Waals surface area contributed by atoms with Crippen LogP contribution in [0.1, 0.15) is 29.1 Å². The van der Waals surface area contributed by atoms with Crippen LogP contribution in [-0.4, -0.2) is 45.5 Å². The molecule has 8 heteroatoms. The van der Waals surface area contributed by atoms with Crippen LogP contribution in [0.3, 0.4) is 0 Å². The van der Waals surface area contributed by atoms with Crippen LogP contribution in [0, 0.1) is 0 Å². The zero-order valence-electron chi connectivity index (χ0n) is 11.6. The molecule has 0 fully saturated rings. The number of aromatic amines is 1. The SMILES string of the molecule is CC(Nc1ccc(C(=O)N(C)C)cc1N)c1nn[nH]n1. The Morgan fingerprint density at radius 1 is 1.45 bits per heavy atom. The quantitative estimate of drug-likeness (QED) is 0.706. The van der Waals surface area contributed by atoms with Gasteiger partial charge < -0.3 is 16.0 Å². The summed E-state index contributed by atoms with van der Waals surface area (Å²) in [5.41, 5.74) is 7.72. The average Bonchev–Trinajstić information content (AvgIpc) is 2.94. The van der Waals surface area contributed by atoms with Gasteiger partial charge >= 0.3 is 0 Å². The van der Waals surface area contributed by atoms with E-state index in [2.05, 4.69) is 25.9 Å². The van der Waals surface area contributed by atoms with Gasteiger partial charge in [-0.2, -0.15) is 5.21 Å². The second kappa shape index (κ2) is 5.55. The number of benzene rings is 1. The molecule has 0 aliphatic carbocycles. The number of rotatable bonds is 4. The largest absolute Gasteiger partial charge is 0.397 e. The summed E-state index contributed by atoms with van der Waals surface area (Å²) in [6, 6.07) is 4.99. The predicted molar refractivity (Wildman–Crippen MR) is 75.1 cm³/mol. The molecule has 20 heavy (non-hydrogen) atoms. The topological polar surface area (TPSA) is 113 Å². The third-order valence-electron chi connectivity index (χ3n) is 2.83. The number of amides is 1. The summed E-state index contributed by atoms with van der Waals surface area (Å²) in [4.78, 5) is 13.3. The Kier molecular flexibility index (Phi) is 3.83. The molecule has 1 heterocycles. The van der Waals surface area contributed by atoms with E-state index in [1.165, 1.54) is 4.90 Å². The molecule has 2 aromatic rings. The number of carbonyl (C=O) groups is 1. The van der Waals surface area contributed by atoms with Crippen LogP contribution in [-0.2, 0) is 0 Å². The molecule has 0 radical (unpaired) electrons. The van der Waals surface area contributed by atoms with E-state index in [0.717, 1.165) is 5.69 Å². The van der Waals surface area contributed by atoms with E-state index < -0.39 is 0 Å². The summed E-state index contributed by atoms with van der Waals surface area (Å²) >= 11 is 0. The van der Waals surface area contributed by atoms with Crippen LogP contribution in [0.25, 0.3) is 0 Å². The fourth-order valence-corrected chi connectivity index (χ4v) is 1.74. The first-order valence-electron chi connectivity index (χ1n) is 6.10. The van der Waals surface area contributed by atoms with Gasteiger partial charge in [0.05, 0.1) is 17.4 Å². The van der Waals surface area contributed by atoms with Gasteiger partial charge in [0.25, 0.3) is 5.91 Å². The van der Waals surface area contributed by atoms with Crippen LogP contribution in [0.4, 0.5) is 11.4 Å². The van der Waals surface area contributed by atoms with Crippen molar-refractivity contribution in [1.82, 2.24) is 25.5 Å². The number of nitrogen functional groups attached to an aromatic ring is 1. The number of nitrogens with two attached hydrogens (primary N) is 1. The van der Waals surface area contributed by atoms with Crippen molar-refractivity contribution in [2.75, 3.05) is 25.1 Å². The monoisotopic (exact) mass is 275 g/mol. The second-order valence-electron chi connectivity index (χ2n) is 4.64. The lowest BCUT2D eigenvalue weighted by Gasteiger charge is -2.15. The van der Waals surface area contributed by atoms with Gasteiger partial charge in [0, 0.05) is 19.7 Å². The number of nitrogens with zero attached hydrogens (tertiary/aromatic N) is 4. The number of carbonyl (C=O) groups excluding carboxylic acids is 1. The van der Waals surface area contributed by atoms with E-state index in [0.29, 0.717) is 17.1 Å². The normalized spacial score (nSPS) is 11.9. The molecule has 0 saturated carbocycles. The van der Waals surface area contributed by atoms with Gasteiger partial charge in [-0.15, -0.1) is 10.2 Å². The molecule has 4 N–H and O–H groups in total. The number of H-pyrrole nitrogens is 1. The summed E-state index contributed by atoms with van der Waals surface area (Å²) in [6.07, 6.45) is 0. The highest BCUT2D eigenvalue weighted by Gasteiger charge is 2.13. The third-order valence-corrected chi connectivity index (χ3v) is 2.83. The number of tetrazole rings is 1. The van der Waals surface area contributed by atoms with Crippen molar-refractivity contribution >= 4 is 17.3 Å². The van der Waals surface area contributed by atoms with Crippen molar-refractivity contribution in [3.8, 4) is 0 Å². The van der Waals surface area contributed by atoms with E-state index in [9.17, 15) is 4.79 Å². The lowest BCUT2D eigenvalue weighted by Crippen LogP contribution is -2.21. The number of nitrogens with one attached hydrogen (secondary N) is 2. The van der Waals surface area contributed by atoms with Gasteiger partial charge in [0.15, 0.2) is 5.82 Å². The smallest absolute Gasteiger partial charge is 0.253 e. The lowest BCUT2D eigenvalue weighted by molar-refractivity contribution is 0.0827. The van der Waals surface area contributed by atoms with E-state index in [1.807, 2.05) is 6.92 Å². The van der Waals surface area contributed by atoms with Crippen molar-refractivity contribution in [2.45, 2.75) is 13.0 Å². The van der Waals surface area contributed by atoms with Crippen LogP contribution in [0.2, 0.25) is 0 Å². The number of hydrogen-bond donors (Lipinski definition) is 3. The average molecular weight is 275 g/mol. The summed E-state index contributed by atoms with van der Waals surface area (Å²) in [5, 5.41) is 16.9. The van der Waals surface area contributed by atoms with Crippen LogP contribution in [0.5, 0.6) is 0 Å². The summed E-state index contributed by atoms with van der Waals surface area (Å²) < 4.78 is 0. The van der Waals surface area contributed by atoms with Crippen molar-refractivity contribution in [3.05, 3.63) is 29.6 Å². The molecule has 0 aliphatic heterocycles.